The third kappa shape index (κ3) is 4.30. The summed E-state index contributed by atoms with van der Waals surface area (Å²) in [4.78, 5) is 19.2. The van der Waals surface area contributed by atoms with Gasteiger partial charge in [0.2, 0.25) is 5.91 Å². The second kappa shape index (κ2) is 7.82. The lowest BCUT2D eigenvalue weighted by Crippen LogP contribution is -2.33. The van der Waals surface area contributed by atoms with Crippen LogP contribution in [0.15, 0.2) is 47.5 Å². The number of rotatable bonds is 4. The average Bonchev–Trinajstić information content (AvgIpc) is 2.76. The molecule has 0 radical (unpaired) electrons. The molecular weight excluding hydrogens is 338 g/mol. The maximum Gasteiger partial charge on any atom is 0.224 e. The van der Waals surface area contributed by atoms with Crippen molar-refractivity contribution in [2.75, 3.05) is 12.4 Å². The highest BCUT2D eigenvalue weighted by atomic mass is 16.5. The number of anilines is 1. The molecule has 3 rings (SSSR count). The van der Waals surface area contributed by atoms with E-state index in [0.717, 1.165) is 34.3 Å². The summed E-state index contributed by atoms with van der Waals surface area (Å²) < 4.78 is 6.13. The number of carbonyl (C=O) groups is 1. The number of para-hydroxylation sites is 2. The molecule has 142 valence electrons. The minimum absolute atomic E-state index is 0.0125. The normalized spacial score (nSPS) is 12.6. The van der Waals surface area contributed by atoms with Crippen molar-refractivity contribution in [2.45, 2.75) is 40.2 Å². The van der Waals surface area contributed by atoms with Crippen molar-refractivity contribution < 1.29 is 9.53 Å². The second-order valence-corrected chi connectivity index (χ2v) is 7.57. The zero-order chi connectivity index (χ0) is 19.6. The van der Waals surface area contributed by atoms with Crippen LogP contribution < -0.4 is 10.1 Å². The van der Waals surface area contributed by atoms with Gasteiger partial charge in [0.15, 0.2) is 5.75 Å². The molecule has 5 heteroatoms. The highest BCUT2D eigenvalue weighted by molar-refractivity contribution is 6.05. The summed E-state index contributed by atoms with van der Waals surface area (Å²) in [5, 5.41) is 2.99. The number of hydrogen-bond acceptors (Lipinski definition) is 4. The van der Waals surface area contributed by atoms with E-state index in [2.05, 4.69) is 24.1 Å². The molecule has 0 saturated carbocycles. The number of hydrogen-bond donors (Lipinski definition) is 1. The lowest BCUT2D eigenvalue weighted by molar-refractivity contribution is -0.116. The van der Waals surface area contributed by atoms with Crippen molar-refractivity contribution in [3.8, 4) is 11.5 Å². The number of amidine groups is 1. The van der Waals surface area contributed by atoms with Crippen LogP contribution in [0.5, 0.6) is 11.5 Å². The van der Waals surface area contributed by atoms with Gasteiger partial charge in [-0.15, -0.1) is 0 Å². The highest BCUT2D eigenvalue weighted by Gasteiger charge is 2.23. The molecule has 0 aliphatic carbocycles. The van der Waals surface area contributed by atoms with Gasteiger partial charge >= 0.3 is 0 Å². The number of benzene rings is 2. The Morgan fingerprint density at radius 1 is 1.11 bits per heavy atom. The molecular formula is C22H27N3O2. The maximum atomic E-state index is 12.2. The Morgan fingerprint density at radius 2 is 1.85 bits per heavy atom. The Hall–Kier alpha value is -2.82. The van der Waals surface area contributed by atoms with Gasteiger partial charge in [-0.2, -0.15) is 0 Å². The number of nitrogens with zero attached hydrogens (tertiary/aromatic N) is 2. The van der Waals surface area contributed by atoms with Gasteiger partial charge in [0.05, 0.1) is 5.56 Å². The van der Waals surface area contributed by atoms with E-state index >= 15 is 0 Å². The fraction of sp³-hybridized carbons (Fsp3) is 0.364. The number of ether oxygens (including phenoxy) is 1. The largest absolute Gasteiger partial charge is 0.454 e. The Balaban J connectivity index is 2.04. The molecule has 0 aromatic heterocycles. The molecule has 2 aromatic rings. The van der Waals surface area contributed by atoms with Crippen LogP contribution in [0.25, 0.3) is 0 Å². The van der Waals surface area contributed by atoms with Crippen molar-refractivity contribution in [1.82, 2.24) is 4.90 Å². The number of carbonyl (C=O) groups excluding carboxylic acids is 1. The van der Waals surface area contributed by atoms with Crippen LogP contribution in [-0.4, -0.2) is 29.7 Å². The van der Waals surface area contributed by atoms with Crippen LogP contribution >= 0.6 is 0 Å². The van der Waals surface area contributed by atoms with E-state index in [-0.39, 0.29) is 11.9 Å². The molecule has 0 unspecified atom stereocenters. The first-order chi connectivity index (χ1) is 12.8. The van der Waals surface area contributed by atoms with E-state index in [1.807, 2.05) is 63.4 Å². The molecule has 1 amide bonds. The summed E-state index contributed by atoms with van der Waals surface area (Å²) in [7, 11) is 2.02. The van der Waals surface area contributed by atoms with E-state index in [1.54, 1.807) is 0 Å². The third-order valence-corrected chi connectivity index (χ3v) is 4.52. The molecule has 2 aromatic carbocycles. The predicted octanol–water partition coefficient (Wildman–Crippen LogP) is 5.20. The molecule has 0 bridgehead atoms. The van der Waals surface area contributed by atoms with Crippen LogP contribution in [0, 0.1) is 5.92 Å². The molecule has 27 heavy (non-hydrogen) atoms. The SMILES string of the molecule is CC(C)CC(=O)Nc1ccc2c(c1)C(N(C)C(C)C)=Nc1ccccc1O2. The molecule has 0 saturated heterocycles. The Labute approximate surface area is 161 Å². The molecule has 1 aliphatic rings. The van der Waals surface area contributed by atoms with Gasteiger partial charge in [0.1, 0.15) is 17.3 Å². The number of aliphatic imine (C=N–C) groups is 1. The van der Waals surface area contributed by atoms with Crippen LogP contribution in [0.2, 0.25) is 0 Å². The quantitative estimate of drug-likeness (QED) is 0.811. The van der Waals surface area contributed by atoms with Crippen molar-refractivity contribution in [2.24, 2.45) is 10.9 Å². The van der Waals surface area contributed by atoms with E-state index < -0.39 is 0 Å². The van der Waals surface area contributed by atoms with E-state index in [1.165, 1.54) is 0 Å². The summed E-state index contributed by atoms with van der Waals surface area (Å²) >= 11 is 0. The Kier molecular flexibility index (Phi) is 5.49. The first kappa shape index (κ1) is 19.0. The highest BCUT2D eigenvalue weighted by Crippen LogP contribution is 2.39. The van der Waals surface area contributed by atoms with Gasteiger partial charge < -0.3 is 15.0 Å². The first-order valence-electron chi connectivity index (χ1n) is 9.38. The van der Waals surface area contributed by atoms with E-state index in [9.17, 15) is 4.79 Å². The fourth-order valence-corrected chi connectivity index (χ4v) is 2.90. The molecule has 0 atom stereocenters. The van der Waals surface area contributed by atoms with Gasteiger partial charge in [0, 0.05) is 25.2 Å². The molecule has 0 fully saturated rings. The Bertz CT molecular complexity index is 872. The first-order valence-corrected chi connectivity index (χ1v) is 9.38. The zero-order valence-electron chi connectivity index (χ0n) is 16.6. The monoisotopic (exact) mass is 365 g/mol. The maximum absolute atomic E-state index is 12.2. The molecule has 1 aliphatic heterocycles. The van der Waals surface area contributed by atoms with Gasteiger partial charge in [-0.3, -0.25) is 4.79 Å². The zero-order valence-corrected chi connectivity index (χ0v) is 16.6. The van der Waals surface area contributed by atoms with E-state index in [0.29, 0.717) is 12.3 Å². The summed E-state index contributed by atoms with van der Waals surface area (Å²) in [6.07, 6.45) is 0.492. The smallest absolute Gasteiger partial charge is 0.224 e. The van der Waals surface area contributed by atoms with Gasteiger partial charge in [-0.05, 0) is 50.1 Å². The van der Waals surface area contributed by atoms with Crippen LogP contribution in [0.1, 0.15) is 39.7 Å². The topological polar surface area (TPSA) is 53.9 Å². The molecule has 5 nitrogen and oxygen atoms in total. The van der Waals surface area contributed by atoms with Gasteiger partial charge in [-0.1, -0.05) is 26.0 Å². The fourth-order valence-electron chi connectivity index (χ4n) is 2.90. The number of fused-ring (bicyclic) bond motifs is 2. The van der Waals surface area contributed by atoms with Gasteiger partial charge in [0.25, 0.3) is 0 Å². The predicted molar refractivity (Wildman–Crippen MR) is 110 cm³/mol. The summed E-state index contributed by atoms with van der Waals surface area (Å²) in [5.74, 6) is 2.60. The summed E-state index contributed by atoms with van der Waals surface area (Å²) in [5.41, 5.74) is 2.41. The minimum atomic E-state index is 0.0125. The molecule has 0 spiro atoms. The molecule has 1 heterocycles. The third-order valence-electron chi connectivity index (χ3n) is 4.52. The minimum Gasteiger partial charge on any atom is -0.454 e. The molecule has 1 N–H and O–H groups in total. The second-order valence-electron chi connectivity index (χ2n) is 7.57. The average molecular weight is 365 g/mol. The summed E-state index contributed by atoms with van der Waals surface area (Å²) in [6.45, 7) is 8.30. The van der Waals surface area contributed by atoms with E-state index in [4.69, 9.17) is 9.73 Å². The lowest BCUT2D eigenvalue weighted by atomic mass is 10.1. The van der Waals surface area contributed by atoms with Crippen molar-refractivity contribution >= 4 is 23.1 Å². The van der Waals surface area contributed by atoms with Crippen molar-refractivity contribution in [1.29, 1.82) is 0 Å². The van der Waals surface area contributed by atoms with Crippen molar-refractivity contribution in [3.05, 3.63) is 48.0 Å². The lowest BCUT2D eigenvalue weighted by Gasteiger charge is -2.26. The van der Waals surface area contributed by atoms with Crippen molar-refractivity contribution in [3.63, 3.8) is 0 Å². The number of amides is 1. The number of nitrogens with one attached hydrogen (secondary N) is 1. The van der Waals surface area contributed by atoms with Crippen LogP contribution in [0.4, 0.5) is 11.4 Å². The van der Waals surface area contributed by atoms with Crippen LogP contribution in [-0.2, 0) is 4.79 Å². The van der Waals surface area contributed by atoms with Gasteiger partial charge in [-0.25, -0.2) is 4.99 Å². The standard InChI is InChI=1S/C22H27N3O2/c1-14(2)12-21(26)23-16-10-11-19-17(13-16)22(25(5)15(3)4)24-18-8-6-7-9-20(18)27-19/h6-11,13-15H,12H2,1-5H3,(H,23,26). The van der Waals surface area contributed by atoms with Crippen LogP contribution in [0.3, 0.4) is 0 Å². The summed E-state index contributed by atoms with van der Waals surface area (Å²) in [6, 6.07) is 13.7. The Morgan fingerprint density at radius 3 is 2.56 bits per heavy atom.